The van der Waals surface area contributed by atoms with Gasteiger partial charge in [-0.25, -0.2) is 8.78 Å². The second-order valence-electron chi connectivity index (χ2n) is 6.88. The number of likely N-dealkylation sites (tertiary alicyclic amines) is 1. The molecule has 0 spiro atoms. The number of aryl methyl sites for hydroxylation is 1. The topological polar surface area (TPSA) is 34.0 Å². The van der Waals surface area contributed by atoms with E-state index >= 15 is 0 Å². The maximum absolute atomic E-state index is 14.0. The number of nitrogens with zero attached hydrogens (tertiary/aromatic N) is 4. The molecule has 0 N–H and O–H groups in total. The van der Waals surface area contributed by atoms with Crippen LogP contribution in [0.5, 0.6) is 0 Å². The number of aromatic nitrogens is 3. The first-order valence-corrected chi connectivity index (χ1v) is 8.74. The predicted octanol–water partition coefficient (Wildman–Crippen LogP) is 3.44. The number of rotatable bonds is 3. The molecule has 1 aromatic carbocycles. The van der Waals surface area contributed by atoms with E-state index in [1.54, 1.807) is 6.07 Å². The molecule has 2 aliphatic rings. The van der Waals surface area contributed by atoms with Gasteiger partial charge in [-0.1, -0.05) is 6.07 Å². The summed E-state index contributed by atoms with van der Waals surface area (Å²) in [4.78, 5) is 2.27. The van der Waals surface area contributed by atoms with Crippen LogP contribution < -0.4 is 0 Å². The Balaban J connectivity index is 1.44. The first-order valence-electron chi connectivity index (χ1n) is 8.74. The Bertz CT molecular complexity index is 735. The van der Waals surface area contributed by atoms with Crippen molar-refractivity contribution in [2.24, 2.45) is 0 Å². The van der Waals surface area contributed by atoms with Crippen LogP contribution in [-0.2, 0) is 13.0 Å². The largest absolute Gasteiger partial charge is 0.315 e. The zero-order valence-corrected chi connectivity index (χ0v) is 13.9. The number of hydrogen-bond donors (Lipinski definition) is 0. The van der Waals surface area contributed by atoms with Gasteiger partial charge in [-0.3, -0.25) is 4.90 Å². The molecule has 1 aromatic heterocycles. The van der Waals surface area contributed by atoms with Crippen molar-refractivity contribution in [1.82, 2.24) is 19.7 Å². The van der Waals surface area contributed by atoms with Crippen molar-refractivity contribution < 1.29 is 8.78 Å². The van der Waals surface area contributed by atoms with E-state index < -0.39 is 11.6 Å². The monoisotopic (exact) mass is 332 g/mol. The van der Waals surface area contributed by atoms with Crippen LogP contribution in [0, 0.1) is 11.6 Å². The summed E-state index contributed by atoms with van der Waals surface area (Å²) >= 11 is 0. The third kappa shape index (κ3) is 2.73. The molecule has 2 aromatic rings. The van der Waals surface area contributed by atoms with E-state index in [2.05, 4.69) is 19.7 Å². The van der Waals surface area contributed by atoms with E-state index in [1.165, 1.54) is 6.07 Å². The maximum Gasteiger partial charge on any atom is 0.136 e. The average Bonchev–Trinajstić information content (AvgIpc) is 3.18. The molecule has 1 saturated heterocycles. The van der Waals surface area contributed by atoms with E-state index in [1.807, 2.05) is 6.92 Å². The summed E-state index contributed by atoms with van der Waals surface area (Å²) in [7, 11) is 0. The molecule has 6 heteroatoms. The van der Waals surface area contributed by atoms with Gasteiger partial charge in [0.1, 0.15) is 23.3 Å². The summed E-state index contributed by atoms with van der Waals surface area (Å²) in [6, 6.07) is 3.82. The lowest BCUT2D eigenvalue weighted by atomic mass is 9.93. The van der Waals surface area contributed by atoms with Crippen molar-refractivity contribution in [2.75, 3.05) is 13.1 Å². The second-order valence-corrected chi connectivity index (χ2v) is 6.88. The Morgan fingerprint density at radius 2 is 1.92 bits per heavy atom. The molecule has 1 atom stereocenters. The summed E-state index contributed by atoms with van der Waals surface area (Å²) in [5.74, 6) is 1.70. The van der Waals surface area contributed by atoms with Gasteiger partial charge in [-0.15, -0.1) is 10.2 Å². The lowest BCUT2D eigenvalue weighted by Gasteiger charge is -2.36. The van der Waals surface area contributed by atoms with Gasteiger partial charge in [0.2, 0.25) is 0 Å². The number of benzene rings is 1. The van der Waals surface area contributed by atoms with Gasteiger partial charge in [0.15, 0.2) is 0 Å². The lowest BCUT2D eigenvalue weighted by Crippen LogP contribution is -2.36. The van der Waals surface area contributed by atoms with Crippen LogP contribution in [0.4, 0.5) is 8.78 Å². The van der Waals surface area contributed by atoms with Crippen LogP contribution in [-0.4, -0.2) is 32.8 Å². The molecule has 0 unspecified atom stereocenters. The molecule has 2 aliphatic heterocycles. The molecule has 3 heterocycles. The highest BCUT2D eigenvalue weighted by Crippen LogP contribution is 2.33. The summed E-state index contributed by atoms with van der Waals surface area (Å²) in [6.07, 6.45) is 4.21. The van der Waals surface area contributed by atoms with Crippen LogP contribution in [0.25, 0.3) is 0 Å². The Kier molecular flexibility index (Phi) is 4.08. The fraction of sp³-hybridized carbons (Fsp3) is 0.556. The Morgan fingerprint density at radius 3 is 2.67 bits per heavy atom. The molecule has 4 rings (SSSR count). The van der Waals surface area contributed by atoms with Crippen molar-refractivity contribution in [3.63, 3.8) is 0 Å². The van der Waals surface area contributed by atoms with Crippen LogP contribution in [0.1, 0.15) is 55.4 Å². The van der Waals surface area contributed by atoms with Crippen LogP contribution >= 0.6 is 0 Å². The zero-order chi connectivity index (χ0) is 16.7. The number of hydrogen-bond acceptors (Lipinski definition) is 3. The second kappa shape index (κ2) is 6.24. The molecule has 0 radical (unpaired) electrons. The van der Waals surface area contributed by atoms with Gasteiger partial charge in [-0.2, -0.15) is 0 Å². The number of piperidine rings is 1. The summed E-state index contributed by atoms with van der Waals surface area (Å²) < 4.78 is 29.4. The molecule has 0 bridgehead atoms. The van der Waals surface area contributed by atoms with E-state index in [9.17, 15) is 8.78 Å². The van der Waals surface area contributed by atoms with Gasteiger partial charge in [-0.05, 0) is 45.3 Å². The fourth-order valence-corrected chi connectivity index (χ4v) is 4.06. The number of fused-ring (bicyclic) bond motifs is 1. The molecule has 24 heavy (non-hydrogen) atoms. The Morgan fingerprint density at radius 1 is 1.12 bits per heavy atom. The van der Waals surface area contributed by atoms with Gasteiger partial charge >= 0.3 is 0 Å². The summed E-state index contributed by atoms with van der Waals surface area (Å²) in [5, 5.41) is 8.71. The van der Waals surface area contributed by atoms with Crippen LogP contribution in [0.15, 0.2) is 18.2 Å². The van der Waals surface area contributed by atoms with Crippen LogP contribution in [0.2, 0.25) is 0 Å². The van der Waals surface area contributed by atoms with Crippen molar-refractivity contribution in [2.45, 2.75) is 51.1 Å². The van der Waals surface area contributed by atoms with Gasteiger partial charge in [0.25, 0.3) is 0 Å². The molecule has 0 saturated carbocycles. The van der Waals surface area contributed by atoms with E-state index in [0.717, 1.165) is 63.0 Å². The SMILES string of the molecule is C[C@H](c1ccc(F)cc1F)N1CCC(c2nnc3n2CCC3)CC1. The first kappa shape index (κ1) is 15.7. The van der Waals surface area contributed by atoms with E-state index in [-0.39, 0.29) is 6.04 Å². The van der Waals surface area contributed by atoms with Crippen molar-refractivity contribution >= 4 is 0 Å². The van der Waals surface area contributed by atoms with Crippen molar-refractivity contribution in [1.29, 1.82) is 0 Å². The summed E-state index contributed by atoms with van der Waals surface area (Å²) in [5.41, 5.74) is 0.568. The quantitative estimate of drug-likeness (QED) is 0.863. The fourth-order valence-electron chi connectivity index (χ4n) is 4.06. The first-order chi connectivity index (χ1) is 11.6. The van der Waals surface area contributed by atoms with Gasteiger partial charge in [0.05, 0.1) is 0 Å². The molecular formula is C18H22F2N4. The minimum absolute atomic E-state index is 0.0457. The molecule has 0 aliphatic carbocycles. The molecular weight excluding hydrogens is 310 g/mol. The van der Waals surface area contributed by atoms with E-state index in [0.29, 0.717) is 11.5 Å². The molecule has 0 amide bonds. The van der Waals surface area contributed by atoms with Crippen molar-refractivity contribution in [3.05, 3.63) is 47.0 Å². The highest BCUT2D eigenvalue weighted by Gasteiger charge is 2.30. The zero-order valence-electron chi connectivity index (χ0n) is 13.9. The third-order valence-electron chi connectivity index (χ3n) is 5.49. The summed E-state index contributed by atoms with van der Waals surface area (Å²) in [6.45, 7) is 4.82. The van der Waals surface area contributed by atoms with Gasteiger partial charge in [0, 0.05) is 36.6 Å². The van der Waals surface area contributed by atoms with Crippen molar-refractivity contribution in [3.8, 4) is 0 Å². The third-order valence-corrected chi connectivity index (χ3v) is 5.49. The highest BCUT2D eigenvalue weighted by molar-refractivity contribution is 5.22. The minimum Gasteiger partial charge on any atom is -0.315 e. The standard InChI is InChI=1S/C18H22F2N4/c1-12(15-5-4-14(19)11-16(15)20)23-9-6-13(7-10-23)18-22-21-17-3-2-8-24(17)18/h4-5,11-13H,2-3,6-10H2,1H3/t12-/m1/s1. The Hall–Kier alpha value is -1.82. The lowest BCUT2D eigenvalue weighted by molar-refractivity contribution is 0.156. The van der Waals surface area contributed by atoms with Gasteiger partial charge < -0.3 is 4.57 Å². The predicted molar refractivity (Wildman–Crippen MR) is 86.7 cm³/mol. The van der Waals surface area contributed by atoms with E-state index in [4.69, 9.17) is 0 Å². The molecule has 128 valence electrons. The molecule has 1 fully saturated rings. The van der Waals surface area contributed by atoms with Crippen LogP contribution in [0.3, 0.4) is 0 Å². The molecule has 4 nitrogen and oxygen atoms in total. The average molecular weight is 332 g/mol. The highest BCUT2D eigenvalue weighted by atomic mass is 19.1. The smallest absolute Gasteiger partial charge is 0.136 e. The minimum atomic E-state index is -0.525. The Labute approximate surface area is 140 Å². The normalized spacial score (nSPS) is 20.3. The maximum atomic E-state index is 14.0. The number of halogens is 2.